The van der Waals surface area contributed by atoms with Gasteiger partial charge in [-0.25, -0.2) is 4.39 Å². The third kappa shape index (κ3) is 5.80. The van der Waals surface area contributed by atoms with E-state index in [1.807, 2.05) is 66.4 Å². The fourth-order valence-electron chi connectivity index (χ4n) is 5.16. The zero-order chi connectivity index (χ0) is 25.8. The smallest absolute Gasteiger partial charge is 0.260 e. The summed E-state index contributed by atoms with van der Waals surface area (Å²) in [7, 11) is 0. The van der Waals surface area contributed by atoms with Gasteiger partial charge in [0.1, 0.15) is 5.82 Å². The van der Waals surface area contributed by atoms with Crippen LogP contribution in [0.1, 0.15) is 65.7 Å². The van der Waals surface area contributed by atoms with Crippen LogP contribution in [-0.4, -0.2) is 28.0 Å². The maximum absolute atomic E-state index is 14.4. The molecule has 3 aromatic carbocycles. The molecular weight excluding hydrogens is 483 g/mol. The Morgan fingerprint density at radius 2 is 1.73 bits per heavy atom. The molecule has 1 aliphatic heterocycles. The molecule has 37 heavy (non-hydrogen) atoms. The molecule has 1 saturated heterocycles. The van der Waals surface area contributed by atoms with E-state index in [0.717, 1.165) is 36.8 Å². The van der Waals surface area contributed by atoms with E-state index in [4.69, 9.17) is 0 Å². The average Bonchev–Trinajstić information content (AvgIpc) is 2.93. The minimum absolute atomic E-state index is 0.0464. The minimum Gasteiger partial charge on any atom is -0.346 e. The normalized spacial score (nSPS) is 21.4. The topological polar surface area (TPSA) is 49.4 Å². The van der Waals surface area contributed by atoms with E-state index in [1.165, 1.54) is 6.07 Å². The van der Waals surface area contributed by atoms with Crippen LogP contribution in [0.5, 0.6) is 0 Å². The Kier molecular flexibility index (Phi) is 7.75. The molecule has 3 unspecified atom stereocenters. The minimum atomic E-state index is -0.276. The van der Waals surface area contributed by atoms with E-state index in [9.17, 15) is 14.0 Å². The van der Waals surface area contributed by atoms with Crippen LogP contribution < -0.4 is 5.32 Å². The van der Waals surface area contributed by atoms with Crippen molar-refractivity contribution in [1.82, 2.24) is 10.2 Å². The number of nitrogens with zero attached hydrogens (tertiary/aromatic N) is 1. The Hall–Kier alpha value is -3.38. The van der Waals surface area contributed by atoms with Crippen LogP contribution >= 0.6 is 11.8 Å². The Morgan fingerprint density at radius 1 is 1.03 bits per heavy atom. The van der Waals surface area contributed by atoms with E-state index in [0.29, 0.717) is 21.3 Å². The van der Waals surface area contributed by atoms with Crippen LogP contribution in [0.25, 0.3) is 6.08 Å². The summed E-state index contributed by atoms with van der Waals surface area (Å²) in [6.07, 6.45) is 6.14. The highest BCUT2D eigenvalue weighted by Crippen LogP contribution is 2.42. The van der Waals surface area contributed by atoms with Gasteiger partial charge in [0.2, 0.25) is 0 Å². The molecule has 1 aliphatic carbocycles. The van der Waals surface area contributed by atoms with Crippen molar-refractivity contribution in [2.24, 2.45) is 0 Å². The molecule has 3 aromatic rings. The standard InChI is InChI=1S/C31H31FN2O2S/c1-21(23-9-3-2-4-10-23)33-30(35)24-17-15-22(16-18-24)19-29-31(36)34(20-25-11-5-6-12-26(25)32)27-13-7-8-14-28(27)37-29/h2-6,9-12,15-19,21,27-28H,7-8,13-14,20H2,1H3,(H,33,35)/b29-19-. The van der Waals surface area contributed by atoms with Crippen LogP contribution in [0.3, 0.4) is 0 Å². The zero-order valence-corrected chi connectivity index (χ0v) is 21.7. The number of hydrogen-bond acceptors (Lipinski definition) is 3. The van der Waals surface area contributed by atoms with Gasteiger partial charge in [-0.05, 0) is 55.2 Å². The predicted molar refractivity (Wildman–Crippen MR) is 147 cm³/mol. The highest BCUT2D eigenvalue weighted by Gasteiger charge is 2.40. The number of carbonyl (C=O) groups is 2. The second-order valence-corrected chi connectivity index (χ2v) is 11.1. The van der Waals surface area contributed by atoms with Crippen LogP contribution in [0.4, 0.5) is 4.39 Å². The molecule has 1 heterocycles. The van der Waals surface area contributed by atoms with Gasteiger partial charge in [-0.3, -0.25) is 9.59 Å². The van der Waals surface area contributed by atoms with Crippen LogP contribution in [0.2, 0.25) is 0 Å². The number of rotatable bonds is 6. The highest BCUT2D eigenvalue weighted by molar-refractivity contribution is 8.04. The van der Waals surface area contributed by atoms with Crippen molar-refractivity contribution >= 4 is 29.7 Å². The lowest BCUT2D eigenvalue weighted by Gasteiger charge is -2.44. The molecule has 0 spiro atoms. The Morgan fingerprint density at radius 3 is 2.49 bits per heavy atom. The fourth-order valence-corrected chi connectivity index (χ4v) is 6.63. The molecule has 190 valence electrons. The van der Waals surface area contributed by atoms with Crippen LogP contribution in [0.15, 0.2) is 83.8 Å². The summed E-state index contributed by atoms with van der Waals surface area (Å²) in [4.78, 5) is 28.9. The molecular formula is C31H31FN2O2S. The molecule has 6 heteroatoms. The Balaban J connectivity index is 1.32. The lowest BCUT2D eigenvalue weighted by atomic mass is 9.92. The number of thioether (sulfide) groups is 1. The number of hydrogen-bond donors (Lipinski definition) is 1. The van der Waals surface area contributed by atoms with Gasteiger partial charge in [0.05, 0.1) is 10.9 Å². The summed E-state index contributed by atoms with van der Waals surface area (Å²) >= 11 is 1.65. The number of nitrogens with one attached hydrogen (secondary N) is 1. The van der Waals surface area contributed by atoms with E-state index in [1.54, 1.807) is 36.0 Å². The van der Waals surface area contributed by atoms with Crippen molar-refractivity contribution in [3.05, 3.63) is 112 Å². The van der Waals surface area contributed by atoms with Crippen molar-refractivity contribution in [2.75, 3.05) is 0 Å². The van der Waals surface area contributed by atoms with Gasteiger partial charge in [-0.1, -0.05) is 73.5 Å². The molecule has 0 bridgehead atoms. The van der Waals surface area contributed by atoms with Gasteiger partial charge in [0.15, 0.2) is 0 Å². The zero-order valence-electron chi connectivity index (χ0n) is 20.9. The molecule has 1 saturated carbocycles. The molecule has 2 amide bonds. The van der Waals surface area contributed by atoms with Crippen molar-refractivity contribution in [3.8, 4) is 0 Å². The highest BCUT2D eigenvalue weighted by atomic mass is 32.2. The largest absolute Gasteiger partial charge is 0.346 e. The van der Waals surface area contributed by atoms with Gasteiger partial charge in [0, 0.05) is 29.0 Å². The van der Waals surface area contributed by atoms with E-state index < -0.39 is 0 Å². The first-order valence-corrected chi connectivity index (χ1v) is 13.8. The number of carbonyl (C=O) groups excluding carboxylic acids is 2. The number of halogens is 1. The van der Waals surface area contributed by atoms with Gasteiger partial charge in [-0.2, -0.15) is 0 Å². The van der Waals surface area contributed by atoms with Crippen LogP contribution in [0, 0.1) is 5.82 Å². The van der Waals surface area contributed by atoms with E-state index >= 15 is 0 Å². The second kappa shape index (κ2) is 11.3. The maximum atomic E-state index is 14.4. The Bertz CT molecular complexity index is 1290. The van der Waals surface area contributed by atoms with Crippen molar-refractivity contribution in [1.29, 1.82) is 0 Å². The molecule has 0 aromatic heterocycles. The molecule has 2 fully saturated rings. The second-order valence-electron chi connectivity index (χ2n) is 9.77. The monoisotopic (exact) mass is 514 g/mol. The maximum Gasteiger partial charge on any atom is 0.260 e. The lowest BCUT2D eigenvalue weighted by Crippen LogP contribution is -2.50. The summed E-state index contributed by atoms with van der Waals surface area (Å²) in [6.45, 7) is 2.24. The van der Waals surface area contributed by atoms with E-state index in [2.05, 4.69) is 5.32 Å². The number of amides is 2. The van der Waals surface area contributed by atoms with E-state index in [-0.39, 0.29) is 36.3 Å². The predicted octanol–water partition coefficient (Wildman–Crippen LogP) is 6.74. The first-order valence-electron chi connectivity index (χ1n) is 12.9. The molecule has 4 nitrogen and oxygen atoms in total. The molecule has 3 atom stereocenters. The lowest BCUT2D eigenvalue weighted by molar-refractivity contribution is -0.130. The molecule has 0 radical (unpaired) electrons. The van der Waals surface area contributed by atoms with Gasteiger partial charge in [0.25, 0.3) is 11.8 Å². The quantitative estimate of drug-likeness (QED) is 0.371. The molecule has 5 rings (SSSR count). The van der Waals surface area contributed by atoms with Gasteiger partial charge in [-0.15, -0.1) is 11.8 Å². The first kappa shape index (κ1) is 25.3. The summed E-state index contributed by atoms with van der Waals surface area (Å²) < 4.78 is 14.4. The summed E-state index contributed by atoms with van der Waals surface area (Å²) in [5, 5.41) is 3.35. The third-order valence-corrected chi connectivity index (χ3v) is 8.63. The number of benzene rings is 3. The van der Waals surface area contributed by atoms with Gasteiger partial charge < -0.3 is 10.2 Å². The summed E-state index contributed by atoms with van der Waals surface area (Å²) in [5.74, 6) is -0.462. The summed E-state index contributed by atoms with van der Waals surface area (Å²) in [5.41, 5.74) is 3.03. The van der Waals surface area contributed by atoms with Crippen molar-refractivity contribution < 1.29 is 14.0 Å². The summed E-state index contributed by atoms with van der Waals surface area (Å²) in [6, 6.07) is 23.9. The molecule has 1 N–H and O–H groups in total. The van der Waals surface area contributed by atoms with Crippen molar-refractivity contribution in [2.45, 2.75) is 56.5 Å². The first-order chi connectivity index (χ1) is 18.0. The third-order valence-electron chi connectivity index (χ3n) is 7.23. The number of fused-ring (bicyclic) bond motifs is 1. The SMILES string of the molecule is CC(NC(=O)c1ccc(/C=C2\SC3CCCCC3N(Cc3ccccc3F)C2=O)cc1)c1ccccc1. The fraction of sp³-hybridized carbons (Fsp3) is 0.290. The van der Waals surface area contributed by atoms with Gasteiger partial charge >= 0.3 is 0 Å². The average molecular weight is 515 g/mol. The Labute approximate surface area is 222 Å². The van der Waals surface area contributed by atoms with Crippen LogP contribution in [-0.2, 0) is 11.3 Å². The molecule has 2 aliphatic rings. The van der Waals surface area contributed by atoms with Crippen molar-refractivity contribution in [3.63, 3.8) is 0 Å².